The average Bonchev–Trinajstić information content (AvgIpc) is 2.84. The number of thioether (sulfide) groups is 1. The summed E-state index contributed by atoms with van der Waals surface area (Å²) in [6.07, 6.45) is 0.308. The van der Waals surface area contributed by atoms with Gasteiger partial charge < -0.3 is 10.1 Å². The van der Waals surface area contributed by atoms with Gasteiger partial charge in [0.05, 0.1) is 41.9 Å². The van der Waals surface area contributed by atoms with Crippen molar-refractivity contribution in [2.45, 2.75) is 11.6 Å². The minimum atomic E-state index is -0.290. The van der Waals surface area contributed by atoms with E-state index in [1.165, 1.54) is 11.7 Å². The van der Waals surface area contributed by atoms with Crippen molar-refractivity contribution in [1.29, 1.82) is 5.26 Å². The van der Waals surface area contributed by atoms with E-state index in [9.17, 15) is 9.59 Å². The number of rotatable bonds is 7. The summed E-state index contributed by atoms with van der Waals surface area (Å²) in [5.74, 6) is 0.265. The normalized spacial score (nSPS) is 10.6. The number of halogens is 1. The highest BCUT2D eigenvalue weighted by molar-refractivity contribution is 7.99. The van der Waals surface area contributed by atoms with E-state index in [2.05, 4.69) is 16.4 Å². The number of benzene rings is 3. The number of hydrogen-bond donors (Lipinski definition) is 1. The molecular formula is C25H19ClN4O3S. The van der Waals surface area contributed by atoms with Crippen LogP contribution in [0.1, 0.15) is 5.56 Å². The van der Waals surface area contributed by atoms with Crippen LogP contribution in [-0.2, 0) is 11.2 Å². The number of aromatic nitrogens is 2. The highest BCUT2D eigenvalue weighted by Gasteiger charge is 2.17. The molecule has 34 heavy (non-hydrogen) atoms. The minimum Gasteiger partial charge on any atom is -0.495 e. The highest BCUT2D eigenvalue weighted by Crippen LogP contribution is 2.28. The summed E-state index contributed by atoms with van der Waals surface area (Å²) in [6, 6.07) is 21.2. The van der Waals surface area contributed by atoms with Crippen molar-refractivity contribution in [3.05, 3.63) is 87.7 Å². The number of para-hydroxylation sites is 2. The molecule has 4 rings (SSSR count). The molecule has 0 aliphatic carbocycles. The Hall–Kier alpha value is -3.80. The summed E-state index contributed by atoms with van der Waals surface area (Å²) in [7, 11) is 1.53. The van der Waals surface area contributed by atoms with Crippen LogP contribution in [0.2, 0.25) is 5.02 Å². The van der Waals surface area contributed by atoms with Crippen LogP contribution in [0.3, 0.4) is 0 Å². The van der Waals surface area contributed by atoms with Gasteiger partial charge in [-0.2, -0.15) is 5.26 Å². The van der Waals surface area contributed by atoms with Crippen molar-refractivity contribution in [2.75, 3.05) is 18.2 Å². The van der Waals surface area contributed by atoms with E-state index >= 15 is 0 Å². The first kappa shape index (κ1) is 23.4. The Morgan fingerprint density at radius 2 is 1.94 bits per heavy atom. The maximum Gasteiger partial charge on any atom is 0.266 e. The SMILES string of the molecule is COc1ccccc1-n1c(SCC(=O)Nc2ccc(CC#N)cc2)nc2cc(Cl)ccc2c1=O. The number of methoxy groups -OCH3 is 1. The molecule has 7 nitrogen and oxygen atoms in total. The van der Waals surface area contributed by atoms with Gasteiger partial charge in [-0.25, -0.2) is 4.98 Å². The molecule has 0 aliphatic heterocycles. The molecule has 1 N–H and O–H groups in total. The fraction of sp³-hybridized carbons (Fsp3) is 0.120. The largest absolute Gasteiger partial charge is 0.495 e. The third-order valence-electron chi connectivity index (χ3n) is 4.98. The Labute approximate surface area is 205 Å². The van der Waals surface area contributed by atoms with Crippen molar-refractivity contribution in [1.82, 2.24) is 9.55 Å². The molecule has 0 unspecified atom stereocenters. The summed E-state index contributed by atoms with van der Waals surface area (Å²) < 4.78 is 6.90. The number of ether oxygens (including phenoxy) is 1. The summed E-state index contributed by atoms with van der Waals surface area (Å²) in [6.45, 7) is 0. The second kappa shape index (κ2) is 10.4. The van der Waals surface area contributed by atoms with Crippen LogP contribution < -0.4 is 15.6 Å². The topological polar surface area (TPSA) is 97.0 Å². The van der Waals surface area contributed by atoms with E-state index in [1.807, 2.05) is 6.07 Å². The highest BCUT2D eigenvalue weighted by atomic mass is 35.5. The second-order valence-electron chi connectivity index (χ2n) is 7.24. The third-order valence-corrected chi connectivity index (χ3v) is 6.15. The van der Waals surface area contributed by atoms with E-state index < -0.39 is 0 Å². The molecule has 0 fully saturated rings. The molecule has 0 atom stereocenters. The molecule has 3 aromatic carbocycles. The Morgan fingerprint density at radius 1 is 1.18 bits per heavy atom. The lowest BCUT2D eigenvalue weighted by Gasteiger charge is -2.15. The van der Waals surface area contributed by atoms with Crippen LogP contribution in [0.5, 0.6) is 5.75 Å². The van der Waals surface area contributed by atoms with Crippen molar-refractivity contribution in [3.63, 3.8) is 0 Å². The molecule has 1 amide bonds. The summed E-state index contributed by atoms with van der Waals surface area (Å²) in [4.78, 5) is 30.7. The van der Waals surface area contributed by atoms with Gasteiger partial charge in [0, 0.05) is 10.7 Å². The zero-order chi connectivity index (χ0) is 24.1. The predicted molar refractivity (Wildman–Crippen MR) is 134 cm³/mol. The van der Waals surface area contributed by atoms with Crippen LogP contribution >= 0.6 is 23.4 Å². The van der Waals surface area contributed by atoms with Crippen molar-refractivity contribution in [2.24, 2.45) is 0 Å². The van der Waals surface area contributed by atoms with Crippen molar-refractivity contribution < 1.29 is 9.53 Å². The lowest BCUT2D eigenvalue weighted by molar-refractivity contribution is -0.113. The van der Waals surface area contributed by atoms with Crippen LogP contribution in [0.4, 0.5) is 5.69 Å². The maximum absolute atomic E-state index is 13.4. The Kier molecular flexibility index (Phi) is 7.16. The molecule has 0 radical (unpaired) electrons. The maximum atomic E-state index is 13.4. The van der Waals surface area contributed by atoms with Crippen molar-refractivity contribution in [3.8, 4) is 17.5 Å². The van der Waals surface area contributed by atoms with E-state index in [0.29, 0.717) is 44.6 Å². The Morgan fingerprint density at radius 3 is 2.68 bits per heavy atom. The molecule has 0 aliphatic rings. The molecule has 0 spiro atoms. The first-order chi connectivity index (χ1) is 16.5. The summed E-state index contributed by atoms with van der Waals surface area (Å²) in [5.41, 5.74) is 2.17. The van der Waals surface area contributed by atoms with Gasteiger partial charge in [0.2, 0.25) is 5.91 Å². The second-order valence-corrected chi connectivity index (χ2v) is 8.62. The van der Waals surface area contributed by atoms with Gasteiger partial charge in [-0.05, 0) is 48.0 Å². The monoisotopic (exact) mass is 490 g/mol. The Balaban J connectivity index is 1.66. The number of hydrogen-bond acceptors (Lipinski definition) is 6. The standard InChI is InChI=1S/C25H19ClN4O3S/c1-33-22-5-3-2-4-21(22)30-24(32)19-11-8-17(26)14-20(19)29-25(30)34-15-23(31)28-18-9-6-16(7-10-18)12-13-27/h2-11,14H,12,15H2,1H3,(H,28,31). The molecule has 9 heteroatoms. The first-order valence-electron chi connectivity index (χ1n) is 10.2. The number of anilines is 1. The molecule has 0 saturated heterocycles. The fourth-order valence-electron chi connectivity index (χ4n) is 3.39. The van der Waals surface area contributed by atoms with E-state index in [1.54, 1.807) is 60.7 Å². The van der Waals surface area contributed by atoms with Crippen molar-refractivity contribution >= 4 is 45.9 Å². The Bertz CT molecular complexity index is 1460. The molecule has 1 aromatic heterocycles. The third kappa shape index (κ3) is 5.06. The van der Waals surface area contributed by atoms with Gasteiger partial charge >= 0.3 is 0 Å². The first-order valence-corrected chi connectivity index (χ1v) is 11.6. The van der Waals surface area contributed by atoms with E-state index in [-0.39, 0.29) is 17.2 Å². The van der Waals surface area contributed by atoms with Gasteiger partial charge in [-0.3, -0.25) is 14.2 Å². The van der Waals surface area contributed by atoms with Crippen LogP contribution in [0, 0.1) is 11.3 Å². The molecule has 0 bridgehead atoms. The number of nitrogens with one attached hydrogen (secondary N) is 1. The van der Waals surface area contributed by atoms with Crippen LogP contribution in [-0.4, -0.2) is 28.3 Å². The van der Waals surface area contributed by atoms with Crippen LogP contribution in [0.25, 0.3) is 16.6 Å². The predicted octanol–water partition coefficient (Wildman–Crippen LogP) is 4.84. The zero-order valence-electron chi connectivity index (χ0n) is 18.1. The van der Waals surface area contributed by atoms with Gasteiger partial charge in [0.25, 0.3) is 5.56 Å². The summed E-state index contributed by atoms with van der Waals surface area (Å²) >= 11 is 7.25. The zero-order valence-corrected chi connectivity index (χ0v) is 19.7. The van der Waals surface area contributed by atoms with Gasteiger partial charge in [0.1, 0.15) is 5.75 Å². The van der Waals surface area contributed by atoms with E-state index in [0.717, 1.165) is 17.3 Å². The minimum absolute atomic E-state index is 0.0214. The smallest absolute Gasteiger partial charge is 0.266 e. The molecule has 170 valence electrons. The van der Waals surface area contributed by atoms with Gasteiger partial charge in [0.15, 0.2) is 5.16 Å². The molecule has 0 saturated carbocycles. The summed E-state index contributed by atoms with van der Waals surface area (Å²) in [5, 5.41) is 12.8. The fourth-order valence-corrected chi connectivity index (χ4v) is 4.36. The number of amides is 1. The molecular weight excluding hydrogens is 472 g/mol. The number of nitrogens with zero attached hydrogens (tertiary/aromatic N) is 3. The number of carbonyl (C=O) groups is 1. The lowest BCUT2D eigenvalue weighted by Crippen LogP contribution is -2.23. The number of fused-ring (bicyclic) bond motifs is 1. The average molecular weight is 491 g/mol. The number of carbonyl (C=O) groups excluding carboxylic acids is 1. The van der Waals surface area contributed by atoms with E-state index in [4.69, 9.17) is 21.6 Å². The number of nitriles is 1. The lowest BCUT2D eigenvalue weighted by atomic mass is 10.1. The quantitative estimate of drug-likeness (QED) is 0.294. The molecule has 1 heterocycles. The van der Waals surface area contributed by atoms with Gasteiger partial charge in [-0.1, -0.05) is 47.6 Å². The van der Waals surface area contributed by atoms with Crippen LogP contribution in [0.15, 0.2) is 76.7 Å². The van der Waals surface area contributed by atoms with Gasteiger partial charge in [-0.15, -0.1) is 0 Å². The molecule has 4 aromatic rings.